The molecule has 0 aliphatic carbocycles. The highest BCUT2D eigenvalue weighted by Gasteiger charge is 2.34. The molecule has 0 bridgehead atoms. The molecule has 0 N–H and O–H groups in total. The molecular weight excluding hydrogens is 270 g/mol. The van der Waals surface area contributed by atoms with Gasteiger partial charge in [-0.1, -0.05) is 6.08 Å². The lowest BCUT2D eigenvalue weighted by molar-refractivity contribution is -0.117. The van der Waals surface area contributed by atoms with Gasteiger partial charge in [0.15, 0.2) is 0 Å². The smallest absolute Gasteiger partial charge is 0.228 e. The second-order valence-corrected chi connectivity index (χ2v) is 6.57. The van der Waals surface area contributed by atoms with E-state index in [0.717, 1.165) is 35.6 Å². The van der Waals surface area contributed by atoms with Crippen LogP contribution in [-0.2, 0) is 17.8 Å². The number of amides is 1. The summed E-state index contributed by atoms with van der Waals surface area (Å²) in [5, 5.41) is 10.3. The minimum atomic E-state index is 0.110. The molecule has 0 radical (unpaired) electrons. The average molecular weight is 287 g/mol. The third kappa shape index (κ3) is 2.05. The summed E-state index contributed by atoms with van der Waals surface area (Å²) in [6.07, 6.45) is 3.25. The number of carbonyl (C=O) groups is 1. The molecule has 1 saturated heterocycles. The molecule has 0 saturated carbocycles. The van der Waals surface area contributed by atoms with Crippen molar-refractivity contribution in [3.63, 3.8) is 0 Å². The van der Waals surface area contributed by atoms with Gasteiger partial charge in [0, 0.05) is 36.9 Å². The van der Waals surface area contributed by atoms with E-state index in [1.165, 1.54) is 4.88 Å². The molecule has 1 amide bonds. The van der Waals surface area contributed by atoms with Crippen molar-refractivity contribution in [2.75, 3.05) is 25.0 Å². The van der Waals surface area contributed by atoms with Crippen LogP contribution in [0.15, 0.2) is 12.7 Å². The molecule has 20 heavy (non-hydrogen) atoms. The summed E-state index contributed by atoms with van der Waals surface area (Å²) in [7, 11) is 2.09. The van der Waals surface area contributed by atoms with Crippen molar-refractivity contribution in [3.05, 3.63) is 28.7 Å². The standard InChI is InChI=1S/C15H17N3OS/c1-3-10-6-14(19)18(8-10)15-12(7-16)11-4-5-17(2)9-13(11)20-15/h3,10H,1,4-6,8-9H2,2H3. The van der Waals surface area contributed by atoms with E-state index in [1.807, 2.05) is 6.08 Å². The van der Waals surface area contributed by atoms with Crippen LogP contribution in [-0.4, -0.2) is 30.9 Å². The number of hydrogen-bond donors (Lipinski definition) is 0. The summed E-state index contributed by atoms with van der Waals surface area (Å²) in [5.74, 6) is 0.314. The highest BCUT2D eigenvalue weighted by Crippen LogP contribution is 2.40. The van der Waals surface area contributed by atoms with Crippen molar-refractivity contribution >= 4 is 22.2 Å². The zero-order valence-electron chi connectivity index (χ0n) is 11.6. The third-order valence-corrected chi connectivity index (χ3v) is 5.31. The summed E-state index contributed by atoms with van der Waals surface area (Å²) in [4.78, 5) is 17.4. The van der Waals surface area contributed by atoms with Crippen LogP contribution in [0, 0.1) is 17.2 Å². The van der Waals surface area contributed by atoms with Gasteiger partial charge < -0.3 is 9.80 Å². The summed E-state index contributed by atoms with van der Waals surface area (Å²) in [5.41, 5.74) is 1.87. The van der Waals surface area contributed by atoms with Gasteiger partial charge in [-0.05, 0) is 19.0 Å². The molecule has 0 aromatic carbocycles. The number of carbonyl (C=O) groups excluding carboxylic acids is 1. The Morgan fingerprint density at radius 1 is 1.55 bits per heavy atom. The largest absolute Gasteiger partial charge is 0.302 e. The van der Waals surface area contributed by atoms with Gasteiger partial charge in [0.05, 0.1) is 5.56 Å². The minimum Gasteiger partial charge on any atom is -0.302 e. The lowest BCUT2D eigenvalue weighted by atomic mass is 10.0. The number of nitrogens with zero attached hydrogens (tertiary/aromatic N) is 3. The van der Waals surface area contributed by atoms with Crippen LogP contribution in [0.4, 0.5) is 5.00 Å². The summed E-state index contributed by atoms with van der Waals surface area (Å²) in [6.45, 7) is 6.28. The molecule has 104 valence electrons. The first-order chi connectivity index (χ1) is 9.63. The molecule has 1 fully saturated rings. The third-order valence-electron chi connectivity index (χ3n) is 4.07. The second-order valence-electron chi connectivity index (χ2n) is 5.49. The molecule has 1 atom stereocenters. The van der Waals surface area contributed by atoms with Gasteiger partial charge in [-0.25, -0.2) is 0 Å². The number of fused-ring (bicyclic) bond motifs is 1. The van der Waals surface area contributed by atoms with Crippen LogP contribution >= 0.6 is 11.3 Å². The maximum absolute atomic E-state index is 12.2. The normalized spacial score (nSPS) is 22.7. The number of nitriles is 1. The van der Waals surface area contributed by atoms with E-state index in [-0.39, 0.29) is 11.8 Å². The average Bonchev–Trinajstić information content (AvgIpc) is 2.97. The molecule has 3 heterocycles. The molecule has 0 spiro atoms. The van der Waals surface area contributed by atoms with E-state index >= 15 is 0 Å². The minimum absolute atomic E-state index is 0.110. The van der Waals surface area contributed by atoms with Crippen molar-refractivity contribution in [1.82, 2.24) is 4.90 Å². The van der Waals surface area contributed by atoms with E-state index in [9.17, 15) is 10.1 Å². The molecule has 2 aliphatic heterocycles. The zero-order valence-corrected chi connectivity index (χ0v) is 12.4. The summed E-state index contributed by atoms with van der Waals surface area (Å²) in [6, 6.07) is 2.32. The van der Waals surface area contributed by atoms with Crippen molar-refractivity contribution in [3.8, 4) is 6.07 Å². The van der Waals surface area contributed by atoms with Crippen LogP contribution in [0.2, 0.25) is 0 Å². The molecule has 1 aromatic rings. The Labute approximate surface area is 122 Å². The van der Waals surface area contributed by atoms with Gasteiger partial charge in [0.1, 0.15) is 11.1 Å². The van der Waals surface area contributed by atoms with E-state index in [4.69, 9.17) is 0 Å². The van der Waals surface area contributed by atoms with E-state index in [1.54, 1.807) is 16.2 Å². The monoisotopic (exact) mass is 287 g/mol. The maximum atomic E-state index is 12.2. The molecule has 4 nitrogen and oxygen atoms in total. The number of anilines is 1. The lowest BCUT2D eigenvalue weighted by Crippen LogP contribution is -2.25. The Kier molecular flexibility index (Phi) is 3.36. The topological polar surface area (TPSA) is 47.3 Å². The van der Waals surface area contributed by atoms with E-state index in [0.29, 0.717) is 13.0 Å². The number of thiophene rings is 1. The van der Waals surface area contributed by atoms with Crippen molar-refractivity contribution in [2.45, 2.75) is 19.4 Å². The van der Waals surface area contributed by atoms with E-state index in [2.05, 4.69) is 24.6 Å². The SMILES string of the molecule is C=CC1CC(=O)N(c2sc3c(c2C#N)CCN(C)C3)C1. The Hall–Kier alpha value is -1.64. The van der Waals surface area contributed by atoms with Crippen LogP contribution < -0.4 is 4.90 Å². The molecule has 1 unspecified atom stereocenters. The van der Waals surface area contributed by atoms with Crippen molar-refractivity contribution in [1.29, 1.82) is 5.26 Å². The highest BCUT2D eigenvalue weighted by atomic mass is 32.1. The highest BCUT2D eigenvalue weighted by molar-refractivity contribution is 7.16. The first kappa shape index (κ1) is 13.3. The van der Waals surface area contributed by atoms with Gasteiger partial charge in [-0.15, -0.1) is 17.9 Å². The maximum Gasteiger partial charge on any atom is 0.228 e. The Morgan fingerprint density at radius 3 is 3.00 bits per heavy atom. The second kappa shape index (κ2) is 5.04. The Bertz CT molecular complexity index is 613. The van der Waals surface area contributed by atoms with E-state index < -0.39 is 0 Å². The van der Waals surface area contributed by atoms with Gasteiger partial charge in [-0.2, -0.15) is 5.26 Å². The zero-order chi connectivity index (χ0) is 14.3. The van der Waals surface area contributed by atoms with Crippen LogP contribution in [0.3, 0.4) is 0 Å². The molecule has 1 aromatic heterocycles. The molecule has 3 rings (SSSR count). The Morgan fingerprint density at radius 2 is 2.35 bits per heavy atom. The molecule has 5 heteroatoms. The van der Waals surface area contributed by atoms with Gasteiger partial charge in [0.2, 0.25) is 5.91 Å². The summed E-state index contributed by atoms with van der Waals surface area (Å²) >= 11 is 1.61. The van der Waals surface area contributed by atoms with Gasteiger partial charge in [-0.3, -0.25) is 4.79 Å². The van der Waals surface area contributed by atoms with Gasteiger partial charge >= 0.3 is 0 Å². The van der Waals surface area contributed by atoms with Crippen LogP contribution in [0.5, 0.6) is 0 Å². The predicted octanol–water partition coefficient (Wildman–Crippen LogP) is 2.15. The van der Waals surface area contributed by atoms with Crippen molar-refractivity contribution < 1.29 is 4.79 Å². The molecule has 2 aliphatic rings. The van der Waals surface area contributed by atoms with Crippen molar-refractivity contribution in [2.24, 2.45) is 5.92 Å². The first-order valence-corrected chi connectivity index (χ1v) is 7.61. The fourth-order valence-electron chi connectivity index (χ4n) is 2.91. The lowest BCUT2D eigenvalue weighted by Gasteiger charge is -2.21. The number of hydrogen-bond acceptors (Lipinski definition) is 4. The fourth-order valence-corrected chi connectivity index (χ4v) is 4.31. The number of rotatable bonds is 2. The van der Waals surface area contributed by atoms with Crippen LogP contribution in [0.25, 0.3) is 0 Å². The van der Waals surface area contributed by atoms with Crippen LogP contribution in [0.1, 0.15) is 22.4 Å². The van der Waals surface area contributed by atoms with Gasteiger partial charge in [0.25, 0.3) is 0 Å². The quantitative estimate of drug-likeness (QED) is 0.783. The number of likely N-dealkylation sites (N-methyl/N-ethyl adjacent to an activating group) is 1. The molecular formula is C15H17N3OS. The summed E-state index contributed by atoms with van der Waals surface area (Å²) < 4.78 is 0. The fraction of sp³-hybridized carbons (Fsp3) is 0.467. The Balaban J connectivity index is 2.00. The predicted molar refractivity (Wildman–Crippen MR) is 79.7 cm³/mol. The first-order valence-electron chi connectivity index (χ1n) is 6.80.